The van der Waals surface area contributed by atoms with Gasteiger partial charge in [-0.15, -0.1) is 0 Å². The Hall–Kier alpha value is -1.46. The SMILES string of the molecule is CC(C)N1CCCCC(N)C1c1cccc([N+](=O)[O-])c1. The first-order chi connectivity index (χ1) is 9.50. The van der Waals surface area contributed by atoms with Crippen molar-refractivity contribution in [3.05, 3.63) is 39.9 Å². The molecule has 2 rings (SSSR count). The van der Waals surface area contributed by atoms with Crippen molar-refractivity contribution >= 4 is 5.69 Å². The topological polar surface area (TPSA) is 72.4 Å². The minimum Gasteiger partial charge on any atom is -0.326 e. The first kappa shape index (κ1) is 14.9. The predicted octanol–water partition coefficient (Wildman–Crippen LogP) is 2.86. The van der Waals surface area contributed by atoms with Crippen molar-refractivity contribution in [3.63, 3.8) is 0 Å². The molecule has 0 spiro atoms. The van der Waals surface area contributed by atoms with Crippen LogP contribution in [0.1, 0.15) is 44.7 Å². The predicted molar refractivity (Wildman–Crippen MR) is 79.5 cm³/mol. The molecule has 2 atom stereocenters. The van der Waals surface area contributed by atoms with Crippen molar-refractivity contribution in [3.8, 4) is 0 Å². The molecule has 0 saturated carbocycles. The first-order valence-corrected chi connectivity index (χ1v) is 7.26. The van der Waals surface area contributed by atoms with Gasteiger partial charge in [-0.3, -0.25) is 15.0 Å². The maximum absolute atomic E-state index is 11.0. The highest BCUT2D eigenvalue weighted by atomic mass is 16.6. The van der Waals surface area contributed by atoms with E-state index in [1.165, 1.54) is 6.07 Å². The van der Waals surface area contributed by atoms with E-state index in [0.717, 1.165) is 31.4 Å². The molecule has 1 saturated heterocycles. The summed E-state index contributed by atoms with van der Waals surface area (Å²) in [6.07, 6.45) is 3.23. The van der Waals surface area contributed by atoms with Crippen LogP contribution >= 0.6 is 0 Å². The Morgan fingerprint density at radius 1 is 1.40 bits per heavy atom. The summed E-state index contributed by atoms with van der Waals surface area (Å²) in [7, 11) is 0. The lowest BCUT2D eigenvalue weighted by Gasteiger charge is -2.36. The van der Waals surface area contributed by atoms with Crippen LogP contribution in [0.15, 0.2) is 24.3 Å². The molecule has 1 heterocycles. The van der Waals surface area contributed by atoms with E-state index in [4.69, 9.17) is 5.73 Å². The molecule has 1 fully saturated rings. The number of non-ortho nitro benzene ring substituents is 1. The Bertz CT molecular complexity index is 476. The summed E-state index contributed by atoms with van der Waals surface area (Å²) in [4.78, 5) is 13.0. The van der Waals surface area contributed by atoms with Crippen molar-refractivity contribution in [2.24, 2.45) is 5.73 Å². The number of nitrogens with zero attached hydrogens (tertiary/aromatic N) is 2. The van der Waals surface area contributed by atoms with Gasteiger partial charge >= 0.3 is 0 Å². The number of likely N-dealkylation sites (tertiary alicyclic amines) is 1. The van der Waals surface area contributed by atoms with Gasteiger partial charge < -0.3 is 5.73 Å². The summed E-state index contributed by atoms with van der Waals surface area (Å²) < 4.78 is 0. The first-order valence-electron chi connectivity index (χ1n) is 7.26. The second-order valence-corrected chi connectivity index (χ2v) is 5.79. The van der Waals surface area contributed by atoms with E-state index in [0.29, 0.717) is 6.04 Å². The van der Waals surface area contributed by atoms with Gasteiger partial charge in [0.15, 0.2) is 0 Å². The summed E-state index contributed by atoms with van der Waals surface area (Å²) >= 11 is 0. The van der Waals surface area contributed by atoms with Gasteiger partial charge in [0.1, 0.15) is 0 Å². The monoisotopic (exact) mass is 277 g/mol. The smallest absolute Gasteiger partial charge is 0.269 e. The molecule has 1 aliphatic rings. The molecule has 5 nitrogen and oxygen atoms in total. The summed E-state index contributed by atoms with van der Waals surface area (Å²) in [6.45, 7) is 5.31. The summed E-state index contributed by atoms with van der Waals surface area (Å²) in [5.74, 6) is 0. The maximum Gasteiger partial charge on any atom is 0.269 e. The molecule has 110 valence electrons. The number of benzene rings is 1. The second kappa shape index (κ2) is 6.33. The molecule has 1 aromatic carbocycles. The van der Waals surface area contributed by atoms with Gasteiger partial charge in [-0.25, -0.2) is 0 Å². The van der Waals surface area contributed by atoms with E-state index in [1.807, 2.05) is 6.07 Å². The average Bonchev–Trinajstić information content (AvgIpc) is 2.60. The Balaban J connectivity index is 2.38. The zero-order valence-electron chi connectivity index (χ0n) is 12.2. The molecule has 5 heteroatoms. The fourth-order valence-corrected chi connectivity index (χ4v) is 3.06. The lowest BCUT2D eigenvalue weighted by Crippen LogP contribution is -2.43. The molecule has 2 N–H and O–H groups in total. The van der Waals surface area contributed by atoms with Gasteiger partial charge in [0.25, 0.3) is 5.69 Å². The molecule has 2 unspecified atom stereocenters. The van der Waals surface area contributed by atoms with Crippen LogP contribution < -0.4 is 5.73 Å². The largest absolute Gasteiger partial charge is 0.326 e. The molecular formula is C15H23N3O2. The third kappa shape index (κ3) is 3.16. The number of rotatable bonds is 3. The third-order valence-corrected chi connectivity index (χ3v) is 4.05. The normalized spacial score (nSPS) is 24.6. The van der Waals surface area contributed by atoms with Crippen molar-refractivity contribution in [2.45, 2.75) is 51.2 Å². The van der Waals surface area contributed by atoms with Crippen molar-refractivity contribution in [1.29, 1.82) is 0 Å². The van der Waals surface area contributed by atoms with Gasteiger partial charge in [-0.05, 0) is 38.8 Å². The third-order valence-electron chi connectivity index (χ3n) is 4.05. The zero-order chi connectivity index (χ0) is 14.7. The van der Waals surface area contributed by atoms with Crippen LogP contribution in [0.5, 0.6) is 0 Å². The number of nitro groups is 1. The molecule has 0 aliphatic carbocycles. The van der Waals surface area contributed by atoms with Crippen LogP contribution in [-0.2, 0) is 0 Å². The Morgan fingerprint density at radius 2 is 2.15 bits per heavy atom. The molecule has 0 radical (unpaired) electrons. The highest BCUT2D eigenvalue weighted by Gasteiger charge is 2.31. The molecule has 0 aromatic heterocycles. The summed E-state index contributed by atoms with van der Waals surface area (Å²) in [5.41, 5.74) is 7.46. The fourth-order valence-electron chi connectivity index (χ4n) is 3.06. The highest BCUT2D eigenvalue weighted by molar-refractivity contribution is 5.36. The lowest BCUT2D eigenvalue weighted by molar-refractivity contribution is -0.385. The Morgan fingerprint density at radius 3 is 2.80 bits per heavy atom. The minimum atomic E-state index is -0.342. The number of hydrogen-bond acceptors (Lipinski definition) is 4. The van der Waals surface area contributed by atoms with Crippen molar-refractivity contribution in [2.75, 3.05) is 6.54 Å². The van der Waals surface area contributed by atoms with Crippen LogP contribution in [0.4, 0.5) is 5.69 Å². The number of hydrogen-bond donors (Lipinski definition) is 1. The van der Waals surface area contributed by atoms with E-state index in [2.05, 4.69) is 18.7 Å². The van der Waals surface area contributed by atoms with Crippen LogP contribution in [0.2, 0.25) is 0 Å². The quantitative estimate of drug-likeness (QED) is 0.681. The molecule has 0 amide bonds. The van der Waals surface area contributed by atoms with Gasteiger partial charge in [-0.2, -0.15) is 0 Å². The lowest BCUT2D eigenvalue weighted by atomic mass is 9.95. The van der Waals surface area contributed by atoms with Gasteiger partial charge in [0, 0.05) is 24.2 Å². The second-order valence-electron chi connectivity index (χ2n) is 5.79. The summed E-state index contributed by atoms with van der Waals surface area (Å²) in [5, 5.41) is 11.0. The van der Waals surface area contributed by atoms with Crippen molar-refractivity contribution < 1.29 is 4.92 Å². The zero-order valence-corrected chi connectivity index (χ0v) is 12.2. The van der Waals surface area contributed by atoms with Crippen LogP contribution in [0.25, 0.3) is 0 Å². The minimum absolute atomic E-state index is 0.0295. The molecular weight excluding hydrogens is 254 g/mol. The maximum atomic E-state index is 11.0. The van der Waals surface area contributed by atoms with E-state index >= 15 is 0 Å². The summed E-state index contributed by atoms with van der Waals surface area (Å²) in [6, 6.07) is 7.39. The standard InChI is InChI=1S/C15H23N3O2/c1-11(2)17-9-4-3-8-14(16)15(17)12-6-5-7-13(10-12)18(19)20/h5-7,10-11,14-15H,3-4,8-9,16H2,1-2H3. The number of nitro benzene ring substituents is 1. The van der Waals surface area contributed by atoms with E-state index in [9.17, 15) is 10.1 Å². The van der Waals surface area contributed by atoms with Crippen LogP contribution in [-0.4, -0.2) is 28.5 Å². The molecule has 0 bridgehead atoms. The Kier molecular flexibility index (Phi) is 4.73. The fraction of sp³-hybridized carbons (Fsp3) is 0.600. The van der Waals surface area contributed by atoms with E-state index in [1.54, 1.807) is 12.1 Å². The van der Waals surface area contributed by atoms with E-state index < -0.39 is 0 Å². The highest BCUT2D eigenvalue weighted by Crippen LogP contribution is 2.32. The van der Waals surface area contributed by atoms with Crippen LogP contribution in [0.3, 0.4) is 0 Å². The Labute approximate surface area is 119 Å². The molecule has 1 aromatic rings. The van der Waals surface area contributed by atoms with Crippen LogP contribution in [0, 0.1) is 10.1 Å². The van der Waals surface area contributed by atoms with Gasteiger partial charge in [0.2, 0.25) is 0 Å². The molecule has 20 heavy (non-hydrogen) atoms. The molecule has 1 aliphatic heterocycles. The number of nitrogens with two attached hydrogens (primary N) is 1. The van der Waals surface area contributed by atoms with Crippen molar-refractivity contribution in [1.82, 2.24) is 4.90 Å². The van der Waals surface area contributed by atoms with Gasteiger partial charge in [-0.1, -0.05) is 18.6 Å². The van der Waals surface area contributed by atoms with Gasteiger partial charge in [0.05, 0.1) is 11.0 Å². The van der Waals surface area contributed by atoms with E-state index in [-0.39, 0.29) is 22.7 Å². The average molecular weight is 277 g/mol.